The minimum absolute atomic E-state index is 0.0362. The predicted octanol–water partition coefficient (Wildman–Crippen LogP) is 5.09. The van der Waals surface area contributed by atoms with Crippen LogP contribution in [0.1, 0.15) is 46.4 Å². The van der Waals surface area contributed by atoms with E-state index in [1.165, 1.54) is 5.57 Å². The molecule has 1 aromatic heterocycles. The van der Waals surface area contributed by atoms with Crippen LogP contribution in [-0.2, 0) is 0 Å². The molecule has 0 radical (unpaired) electrons. The van der Waals surface area contributed by atoms with Crippen LogP contribution >= 0.6 is 15.9 Å². The highest BCUT2D eigenvalue weighted by Crippen LogP contribution is 2.31. The SMILES string of the molecule is C/C(=C\c1c(Br)ccnc1C)CN1CCC(c2ccc(C(=O)N(C)C)cc2)C(F)C1. The smallest absolute Gasteiger partial charge is 0.253 e. The Labute approximate surface area is 186 Å². The molecule has 1 aliphatic rings. The number of hydrogen-bond acceptors (Lipinski definition) is 3. The number of alkyl halides is 1. The van der Waals surface area contributed by atoms with E-state index in [1.807, 2.05) is 25.1 Å². The lowest BCUT2D eigenvalue weighted by Crippen LogP contribution is -2.41. The number of halogens is 2. The Balaban J connectivity index is 1.62. The first kappa shape index (κ1) is 22.6. The first-order valence-electron chi connectivity index (χ1n) is 10.2. The van der Waals surface area contributed by atoms with E-state index in [9.17, 15) is 4.79 Å². The van der Waals surface area contributed by atoms with Gasteiger partial charge in [0.1, 0.15) is 6.17 Å². The van der Waals surface area contributed by atoms with Crippen molar-refractivity contribution in [3.8, 4) is 0 Å². The number of likely N-dealkylation sites (tertiary alicyclic amines) is 1. The fourth-order valence-electron chi connectivity index (χ4n) is 3.98. The molecule has 30 heavy (non-hydrogen) atoms. The first-order chi connectivity index (χ1) is 14.3. The van der Waals surface area contributed by atoms with Crippen molar-refractivity contribution in [2.75, 3.05) is 33.7 Å². The van der Waals surface area contributed by atoms with Gasteiger partial charge in [-0.05, 0) is 50.6 Å². The number of pyridine rings is 1. The first-order valence-corrected chi connectivity index (χ1v) is 11.0. The second kappa shape index (κ2) is 9.84. The van der Waals surface area contributed by atoms with Crippen molar-refractivity contribution in [1.82, 2.24) is 14.8 Å². The van der Waals surface area contributed by atoms with Gasteiger partial charge in [-0.1, -0.05) is 39.7 Å². The summed E-state index contributed by atoms with van der Waals surface area (Å²) in [5, 5.41) is 0. The van der Waals surface area contributed by atoms with Gasteiger partial charge in [-0.2, -0.15) is 0 Å². The zero-order chi connectivity index (χ0) is 21.8. The molecule has 0 bridgehead atoms. The Morgan fingerprint density at radius 3 is 2.60 bits per heavy atom. The zero-order valence-electron chi connectivity index (χ0n) is 18.0. The van der Waals surface area contributed by atoms with Gasteiger partial charge in [0.2, 0.25) is 0 Å². The topological polar surface area (TPSA) is 36.4 Å². The molecule has 160 valence electrons. The molecule has 2 aromatic rings. The van der Waals surface area contributed by atoms with Crippen LogP contribution in [-0.4, -0.2) is 60.6 Å². The number of hydrogen-bond donors (Lipinski definition) is 0. The summed E-state index contributed by atoms with van der Waals surface area (Å²) in [7, 11) is 3.46. The van der Waals surface area contributed by atoms with E-state index in [0.29, 0.717) is 12.1 Å². The van der Waals surface area contributed by atoms with Crippen molar-refractivity contribution in [2.45, 2.75) is 32.4 Å². The van der Waals surface area contributed by atoms with Crippen LogP contribution in [0.5, 0.6) is 0 Å². The van der Waals surface area contributed by atoms with Gasteiger partial charge in [0.05, 0.1) is 0 Å². The van der Waals surface area contributed by atoms with Gasteiger partial charge in [-0.15, -0.1) is 0 Å². The maximum absolute atomic E-state index is 15.0. The summed E-state index contributed by atoms with van der Waals surface area (Å²) < 4.78 is 16.0. The molecule has 1 aromatic carbocycles. The van der Waals surface area contributed by atoms with E-state index in [-0.39, 0.29) is 11.8 Å². The molecule has 0 saturated carbocycles. The quantitative estimate of drug-likeness (QED) is 0.606. The summed E-state index contributed by atoms with van der Waals surface area (Å²) in [4.78, 5) is 20.1. The van der Waals surface area contributed by atoms with Crippen molar-refractivity contribution in [3.05, 3.63) is 69.0 Å². The molecular weight excluding hydrogens is 445 g/mol. The molecule has 0 aliphatic carbocycles. The molecule has 2 atom stereocenters. The highest BCUT2D eigenvalue weighted by atomic mass is 79.9. The number of nitrogens with zero attached hydrogens (tertiary/aromatic N) is 3. The fourth-order valence-corrected chi connectivity index (χ4v) is 4.50. The van der Waals surface area contributed by atoms with E-state index >= 15 is 4.39 Å². The Morgan fingerprint density at radius 2 is 2.00 bits per heavy atom. The molecule has 0 spiro atoms. The molecule has 2 unspecified atom stereocenters. The molecule has 0 N–H and O–H groups in total. The molecule has 1 saturated heterocycles. The molecule has 1 amide bonds. The minimum Gasteiger partial charge on any atom is -0.345 e. The average Bonchev–Trinajstić information content (AvgIpc) is 2.70. The van der Waals surface area contributed by atoms with Gasteiger partial charge in [-0.3, -0.25) is 14.7 Å². The number of rotatable bonds is 5. The standard InChI is InChI=1S/C24H29BrFN3O/c1-16(13-21-17(2)27-11-9-22(21)25)14-29-12-10-20(23(26)15-29)18-5-7-19(8-6-18)24(30)28(3)4/h5-9,11,13,20,23H,10,12,14-15H2,1-4H3/b16-13+. The molecular formula is C24H29BrFN3O. The monoisotopic (exact) mass is 473 g/mol. The molecule has 1 fully saturated rings. The second-order valence-electron chi connectivity index (χ2n) is 8.25. The van der Waals surface area contributed by atoms with Gasteiger partial charge >= 0.3 is 0 Å². The van der Waals surface area contributed by atoms with Crippen molar-refractivity contribution in [2.24, 2.45) is 0 Å². The Kier molecular flexibility index (Phi) is 7.42. The normalized spacial score (nSPS) is 20.3. The number of benzene rings is 1. The van der Waals surface area contributed by atoms with Crippen LogP contribution in [0.25, 0.3) is 6.08 Å². The van der Waals surface area contributed by atoms with Crippen LogP contribution in [0.2, 0.25) is 0 Å². The maximum atomic E-state index is 15.0. The van der Waals surface area contributed by atoms with Gasteiger partial charge < -0.3 is 4.90 Å². The fraction of sp³-hybridized carbons (Fsp3) is 0.417. The van der Waals surface area contributed by atoms with Gasteiger partial charge in [0.15, 0.2) is 0 Å². The highest BCUT2D eigenvalue weighted by molar-refractivity contribution is 9.10. The van der Waals surface area contributed by atoms with E-state index < -0.39 is 6.17 Å². The highest BCUT2D eigenvalue weighted by Gasteiger charge is 2.30. The van der Waals surface area contributed by atoms with Crippen molar-refractivity contribution in [1.29, 1.82) is 0 Å². The summed E-state index contributed by atoms with van der Waals surface area (Å²) in [5.41, 5.74) is 4.84. The molecule has 3 rings (SSSR count). The number of carbonyl (C=O) groups is 1. The van der Waals surface area contributed by atoms with E-state index in [0.717, 1.165) is 40.8 Å². The Bertz CT molecular complexity index is 906. The third-order valence-corrected chi connectivity index (χ3v) is 6.31. The van der Waals surface area contributed by atoms with Crippen molar-refractivity contribution >= 4 is 27.9 Å². The third kappa shape index (κ3) is 5.35. The number of aryl methyl sites for hydroxylation is 1. The van der Waals surface area contributed by atoms with Crippen LogP contribution in [0, 0.1) is 6.92 Å². The summed E-state index contributed by atoms with van der Waals surface area (Å²) in [6, 6.07) is 9.34. The Morgan fingerprint density at radius 1 is 1.30 bits per heavy atom. The van der Waals surface area contributed by atoms with Gasteiger partial charge in [-0.25, -0.2) is 4.39 Å². The summed E-state index contributed by atoms with van der Waals surface area (Å²) in [5.74, 6) is -0.158. The maximum Gasteiger partial charge on any atom is 0.253 e. The van der Waals surface area contributed by atoms with Crippen LogP contribution in [0.3, 0.4) is 0 Å². The molecule has 2 heterocycles. The van der Waals surface area contributed by atoms with Gasteiger partial charge in [0, 0.05) is 60.6 Å². The largest absolute Gasteiger partial charge is 0.345 e. The summed E-state index contributed by atoms with van der Waals surface area (Å²) in [6.07, 6.45) is 3.76. The lowest BCUT2D eigenvalue weighted by Gasteiger charge is -2.35. The molecule has 6 heteroatoms. The minimum atomic E-state index is -0.922. The third-order valence-electron chi connectivity index (χ3n) is 5.62. The zero-order valence-corrected chi connectivity index (χ0v) is 19.6. The Hall–Kier alpha value is -2.05. The average molecular weight is 474 g/mol. The number of aromatic nitrogens is 1. The second-order valence-corrected chi connectivity index (χ2v) is 9.10. The van der Waals surface area contributed by atoms with E-state index in [4.69, 9.17) is 0 Å². The van der Waals surface area contributed by atoms with Crippen LogP contribution in [0.4, 0.5) is 4.39 Å². The molecule has 1 aliphatic heterocycles. The summed E-state index contributed by atoms with van der Waals surface area (Å²) >= 11 is 3.58. The lowest BCUT2D eigenvalue weighted by atomic mass is 9.87. The lowest BCUT2D eigenvalue weighted by molar-refractivity contribution is 0.0827. The van der Waals surface area contributed by atoms with Crippen molar-refractivity contribution < 1.29 is 9.18 Å². The van der Waals surface area contributed by atoms with Crippen LogP contribution in [0.15, 0.2) is 46.6 Å². The van der Waals surface area contributed by atoms with Crippen LogP contribution < -0.4 is 0 Å². The van der Waals surface area contributed by atoms with Gasteiger partial charge in [0.25, 0.3) is 5.91 Å². The predicted molar refractivity (Wildman–Crippen MR) is 123 cm³/mol. The number of piperidine rings is 1. The number of carbonyl (C=O) groups excluding carboxylic acids is 1. The van der Waals surface area contributed by atoms with Crippen molar-refractivity contribution in [3.63, 3.8) is 0 Å². The number of amides is 1. The summed E-state index contributed by atoms with van der Waals surface area (Å²) in [6.45, 7) is 6.08. The molecule has 4 nitrogen and oxygen atoms in total. The van der Waals surface area contributed by atoms with E-state index in [2.05, 4.69) is 38.8 Å². The van der Waals surface area contributed by atoms with E-state index in [1.54, 1.807) is 37.3 Å².